The summed E-state index contributed by atoms with van der Waals surface area (Å²) in [5, 5.41) is 0. The van der Waals surface area contributed by atoms with Gasteiger partial charge in [-0.15, -0.1) is 0 Å². The van der Waals surface area contributed by atoms with Gasteiger partial charge < -0.3 is 10.6 Å². The molecule has 2 rings (SSSR count). The summed E-state index contributed by atoms with van der Waals surface area (Å²) in [5.41, 5.74) is 6.97. The van der Waals surface area contributed by atoms with E-state index in [4.69, 9.17) is 5.73 Å². The van der Waals surface area contributed by atoms with E-state index in [2.05, 4.69) is 30.8 Å². The molecule has 19 heavy (non-hydrogen) atoms. The lowest BCUT2D eigenvalue weighted by molar-refractivity contribution is 0.0307. The maximum Gasteiger partial charge on any atom is 0.272 e. The fourth-order valence-corrected chi connectivity index (χ4v) is 2.25. The minimum atomic E-state index is 0.00439. The molecule has 104 valence electrons. The van der Waals surface area contributed by atoms with E-state index in [0.29, 0.717) is 12.2 Å². The first-order chi connectivity index (χ1) is 8.94. The van der Waals surface area contributed by atoms with E-state index in [1.807, 2.05) is 11.0 Å². The van der Waals surface area contributed by atoms with Crippen LogP contribution in [0.25, 0.3) is 0 Å². The van der Waals surface area contributed by atoms with Crippen molar-refractivity contribution in [1.29, 1.82) is 0 Å². The summed E-state index contributed by atoms with van der Waals surface area (Å²) in [7, 11) is 2.09. The van der Waals surface area contributed by atoms with Crippen LogP contribution in [0.15, 0.2) is 18.3 Å². The lowest BCUT2D eigenvalue weighted by Crippen LogP contribution is -2.58. The lowest BCUT2D eigenvalue weighted by atomic mass is 9.99. The second kappa shape index (κ2) is 5.27. The van der Waals surface area contributed by atoms with E-state index in [1.165, 1.54) is 0 Å². The molecule has 1 aliphatic heterocycles. The Bertz CT molecular complexity index is 455. The molecule has 1 saturated heterocycles. The van der Waals surface area contributed by atoms with Gasteiger partial charge in [0.15, 0.2) is 0 Å². The first-order valence-electron chi connectivity index (χ1n) is 6.59. The van der Waals surface area contributed by atoms with Crippen molar-refractivity contribution in [3.8, 4) is 0 Å². The number of likely N-dealkylation sites (N-methyl/N-ethyl adjacent to an activating group) is 1. The van der Waals surface area contributed by atoms with Gasteiger partial charge in [-0.3, -0.25) is 14.7 Å². The van der Waals surface area contributed by atoms with Crippen molar-refractivity contribution in [2.75, 3.05) is 26.7 Å². The van der Waals surface area contributed by atoms with Crippen molar-refractivity contribution in [3.63, 3.8) is 0 Å². The summed E-state index contributed by atoms with van der Waals surface area (Å²) >= 11 is 0. The molecule has 1 fully saturated rings. The number of rotatable bonds is 2. The van der Waals surface area contributed by atoms with Gasteiger partial charge in [0.1, 0.15) is 5.69 Å². The van der Waals surface area contributed by atoms with Gasteiger partial charge in [-0.25, -0.2) is 0 Å². The van der Waals surface area contributed by atoms with Crippen molar-refractivity contribution in [1.82, 2.24) is 14.8 Å². The minimum absolute atomic E-state index is 0.00439. The Hall–Kier alpha value is -1.46. The van der Waals surface area contributed by atoms with Crippen LogP contribution < -0.4 is 5.73 Å². The van der Waals surface area contributed by atoms with E-state index in [0.717, 1.165) is 25.2 Å². The molecule has 1 aromatic rings. The van der Waals surface area contributed by atoms with Gasteiger partial charge >= 0.3 is 0 Å². The molecule has 2 N–H and O–H groups in total. The van der Waals surface area contributed by atoms with Crippen molar-refractivity contribution in [2.24, 2.45) is 5.73 Å². The van der Waals surface area contributed by atoms with Crippen LogP contribution in [0.3, 0.4) is 0 Å². The summed E-state index contributed by atoms with van der Waals surface area (Å²) in [6.07, 6.45) is 1.68. The van der Waals surface area contributed by atoms with Crippen molar-refractivity contribution < 1.29 is 4.79 Å². The fraction of sp³-hybridized carbons (Fsp3) is 0.571. The number of carbonyl (C=O) groups is 1. The SMILES string of the molecule is CN1CCN(C(=O)c2ccc(CN)cn2)CC1(C)C. The normalized spacial score (nSPS) is 19.5. The number of nitrogens with two attached hydrogens (primary N) is 1. The number of hydrogen-bond acceptors (Lipinski definition) is 4. The van der Waals surface area contributed by atoms with E-state index in [9.17, 15) is 4.79 Å². The molecule has 1 amide bonds. The molecule has 0 aliphatic carbocycles. The Morgan fingerprint density at radius 1 is 1.42 bits per heavy atom. The number of amides is 1. The number of pyridine rings is 1. The average molecular weight is 262 g/mol. The Morgan fingerprint density at radius 3 is 2.68 bits per heavy atom. The van der Waals surface area contributed by atoms with Crippen molar-refractivity contribution in [2.45, 2.75) is 25.9 Å². The molecule has 5 heteroatoms. The second-order valence-electron chi connectivity index (χ2n) is 5.72. The summed E-state index contributed by atoms with van der Waals surface area (Å²) in [4.78, 5) is 20.8. The number of hydrogen-bond donors (Lipinski definition) is 1. The first kappa shape index (κ1) is 14.0. The predicted octanol–water partition coefficient (Wildman–Crippen LogP) is 0.707. The van der Waals surface area contributed by atoms with E-state index in [1.54, 1.807) is 12.3 Å². The molecule has 2 heterocycles. The van der Waals surface area contributed by atoms with Crippen LogP contribution in [0.1, 0.15) is 29.9 Å². The highest BCUT2D eigenvalue weighted by Crippen LogP contribution is 2.20. The Kier molecular flexibility index (Phi) is 3.87. The standard InChI is InChI=1S/C14H22N4O/c1-14(2)10-18(7-6-17(14)3)13(19)12-5-4-11(8-15)9-16-12/h4-5,9H,6-8,10,15H2,1-3H3. The highest BCUT2D eigenvalue weighted by atomic mass is 16.2. The molecule has 0 spiro atoms. The Labute approximate surface area is 114 Å². The van der Waals surface area contributed by atoms with Gasteiger partial charge in [0.2, 0.25) is 0 Å². The molecule has 0 unspecified atom stereocenters. The quantitative estimate of drug-likeness (QED) is 0.852. The molecule has 1 aliphatic rings. The third kappa shape index (κ3) is 2.93. The predicted molar refractivity (Wildman–Crippen MR) is 74.7 cm³/mol. The highest BCUT2D eigenvalue weighted by molar-refractivity contribution is 5.92. The first-order valence-corrected chi connectivity index (χ1v) is 6.59. The third-order valence-electron chi connectivity index (χ3n) is 3.88. The maximum atomic E-state index is 12.4. The Morgan fingerprint density at radius 2 is 2.16 bits per heavy atom. The van der Waals surface area contributed by atoms with E-state index < -0.39 is 0 Å². The fourth-order valence-electron chi connectivity index (χ4n) is 2.25. The minimum Gasteiger partial charge on any atom is -0.334 e. The number of nitrogens with zero attached hydrogens (tertiary/aromatic N) is 3. The topological polar surface area (TPSA) is 62.5 Å². The average Bonchev–Trinajstić information content (AvgIpc) is 2.41. The van der Waals surface area contributed by atoms with Crippen LogP contribution in [0.2, 0.25) is 0 Å². The Balaban J connectivity index is 2.11. The van der Waals surface area contributed by atoms with Crippen LogP contribution in [0, 0.1) is 0 Å². The third-order valence-corrected chi connectivity index (χ3v) is 3.88. The van der Waals surface area contributed by atoms with E-state index in [-0.39, 0.29) is 11.4 Å². The summed E-state index contributed by atoms with van der Waals surface area (Å²) in [5.74, 6) is 0.00439. The van der Waals surface area contributed by atoms with Gasteiger partial charge in [-0.1, -0.05) is 6.07 Å². The molecule has 0 bridgehead atoms. The molecular formula is C14H22N4O. The zero-order valence-corrected chi connectivity index (χ0v) is 11.9. The molecule has 1 aromatic heterocycles. The van der Waals surface area contributed by atoms with E-state index >= 15 is 0 Å². The van der Waals surface area contributed by atoms with Crippen LogP contribution in [0.4, 0.5) is 0 Å². The van der Waals surface area contributed by atoms with Gasteiger partial charge in [-0.2, -0.15) is 0 Å². The largest absolute Gasteiger partial charge is 0.334 e. The molecule has 0 saturated carbocycles. The van der Waals surface area contributed by atoms with Gasteiger partial charge in [-0.05, 0) is 32.5 Å². The highest BCUT2D eigenvalue weighted by Gasteiger charge is 2.33. The molecular weight excluding hydrogens is 240 g/mol. The molecule has 5 nitrogen and oxygen atoms in total. The van der Waals surface area contributed by atoms with Gasteiger partial charge in [0, 0.05) is 37.9 Å². The van der Waals surface area contributed by atoms with Gasteiger partial charge in [0.05, 0.1) is 0 Å². The zero-order valence-electron chi connectivity index (χ0n) is 11.9. The van der Waals surface area contributed by atoms with Crippen LogP contribution in [-0.2, 0) is 6.54 Å². The number of piperazine rings is 1. The second-order valence-corrected chi connectivity index (χ2v) is 5.72. The molecule has 0 radical (unpaired) electrons. The van der Waals surface area contributed by atoms with Crippen molar-refractivity contribution in [3.05, 3.63) is 29.6 Å². The van der Waals surface area contributed by atoms with Crippen LogP contribution in [0.5, 0.6) is 0 Å². The summed E-state index contributed by atoms with van der Waals surface area (Å²) in [6.45, 7) is 7.11. The maximum absolute atomic E-state index is 12.4. The summed E-state index contributed by atoms with van der Waals surface area (Å²) in [6, 6.07) is 3.62. The van der Waals surface area contributed by atoms with Crippen LogP contribution >= 0.6 is 0 Å². The monoisotopic (exact) mass is 262 g/mol. The zero-order chi connectivity index (χ0) is 14.0. The van der Waals surface area contributed by atoms with Crippen molar-refractivity contribution >= 4 is 5.91 Å². The number of aromatic nitrogens is 1. The summed E-state index contributed by atoms with van der Waals surface area (Å²) < 4.78 is 0. The molecule has 0 atom stereocenters. The molecule has 0 aromatic carbocycles. The van der Waals surface area contributed by atoms with Gasteiger partial charge in [0.25, 0.3) is 5.91 Å². The van der Waals surface area contributed by atoms with Crippen LogP contribution in [-0.4, -0.2) is 52.9 Å². The lowest BCUT2D eigenvalue weighted by Gasteiger charge is -2.45. The smallest absolute Gasteiger partial charge is 0.272 e. The number of carbonyl (C=O) groups excluding carboxylic acids is 1.